The molecule has 0 atom stereocenters. The van der Waals surface area contributed by atoms with Crippen LogP contribution in [0.5, 0.6) is 5.75 Å². The molecular weight excluding hydrogens is 259 g/mol. The number of carbonyl (C=O) groups excluding carboxylic acids is 1. The number of rotatable bonds is 4. The molecule has 104 valence electrons. The van der Waals surface area contributed by atoms with E-state index in [1.165, 1.54) is 12.1 Å². The van der Waals surface area contributed by atoms with Gasteiger partial charge in [0.15, 0.2) is 6.61 Å². The van der Waals surface area contributed by atoms with Gasteiger partial charge in [-0.3, -0.25) is 4.79 Å². The van der Waals surface area contributed by atoms with Crippen LogP contribution in [0.1, 0.15) is 12.0 Å². The molecule has 1 fully saturated rings. The number of alkyl halides is 3. The van der Waals surface area contributed by atoms with Gasteiger partial charge in [-0.25, -0.2) is 0 Å². The van der Waals surface area contributed by atoms with Gasteiger partial charge in [0.2, 0.25) is 5.91 Å². The third-order valence-electron chi connectivity index (χ3n) is 2.89. The van der Waals surface area contributed by atoms with Gasteiger partial charge >= 0.3 is 6.18 Å². The lowest BCUT2D eigenvalue weighted by atomic mass is 10.1. The third kappa shape index (κ3) is 4.15. The zero-order valence-corrected chi connectivity index (χ0v) is 10.2. The zero-order valence-electron chi connectivity index (χ0n) is 10.2. The van der Waals surface area contributed by atoms with Gasteiger partial charge in [-0.15, -0.1) is 0 Å². The first-order chi connectivity index (χ1) is 8.94. The highest BCUT2D eigenvalue weighted by atomic mass is 19.4. The number of ether oxygens (including phenoxy) is 1. The molecule has 19 heavy (non-hydrogen) atoms. The predicted octanol–water partition coefficient (Wildman–Crippen LogP) is 2.40. The molecule has 1 aliphatic rings. The SMILES string of the molecule is O=C(Cc1ccc(OCC(F)(F)F)cc1)N1CCC1. The maximum Gasteiger partial charge on any atom is 0.422 e. The summed E-state index contributed by atoms with van der Waals surface area (Å²) in [6.45, 7) is 0.288. The smallest absolute Gasteiger partial charge is 0.422 e. The molecule has 1 heterocycles. The van der Waals surface area contributed by atoms with Crippen molar-refractivity contribution in [1.29, 1.82) is 0 Å². The zero-order chi connectivity index (χ0) is 13.9. The number of benzene rings is 1. The summed E-state index contributed by atoms with van der Waals surface area (Å²) in [5.41, 5.74) is 0.774. The fourth-order valence-electron chi connectivity index (χ4n) is 1.72. The number of carbonyl (C=O) groups is 1. The maximum absolute atomic E-state index is 12.0. The van der Waals surface area contributed by atoms with E-state index >= 15 is 0 Å². The number of amides is 1. The van der Waals surface area contributed by atoms with Crippen LogP contribution >= 0.6 is 0 Å². The molecule has 1 aromatic carbocycles. The van der Waals surface area contributed by atoms with Crippen molar-refractivity contribution in [1.82, 2.24) is 4.90 Å². The van der Waals surface area contributed by atoms with Crippen LogP contribution in [0.25, 0.3) is 0 Å². The van der Waals surface area contributed by atoms with Crippen molar-refractivity contribution in [3.05, 3.63) is 29.8 Å². The summed E-state index contributed by atoms with van der Waals surface area (Å²) in [4.78, 5) is 13.4. The highest BCUT2D eigenvalue weighted by molar-refractivity contribution is 5.79. The van der Waals surface area contributed by atoms with E-state index in [9.17, 15) is 18.0 Å². The first kappa shape index (κ1) is 13.7. The van der Waals surface area contributed by atoms with Gasteiger partial charge in [-0.2, -0.15) is 13.2 Å². The minimum absolute atomic E-state index is 0.0511. The van der Waals surface area contributed by atoms with Crippen LogP contribution in [0.3, 0.4) is 0 Å². The highest BCUT2D eigenvalue weighted by Crippen LogP contribution is 2.19. The van der Waals surface area contributed by atoms with Crippen LogP contribution < -0.4 is 4.74 Å². The molecule has 2 rings (SSSR count). The highest BCUT2D eigenvalue weighted by Gasteiger charge is 2.28. The molecule has 1 amide bonds. The topological polar surface area (TPSA) is 29.5 Å². The molecule has 3 nitrogen and oxygen atoms in total. The second kappa shape index (κ2) is 5.50. The molecule has 0 aliphatic carbocycles. The largest absolute Gasteiger partial charge is 0.484 e. The van der Waals surface area contributed by atoms with Crippen LogP contribution in [0.4, 0.5) is 13.2 Å². The Morgan fingerprint density at radius 1 is 1.21 bits per heavy atom. The number of likely N-dealkylation sites (tertiary alicyclic amines) is 1. The lowest BCUT2D eigenvalue weighted by molar-refractivity contribution is -0.153. The van der Waals surface area contributed by atoms with Gasteiger partial charge in [0, 0.05) is 13.1 Å². The van der Waals surface area contributed by atoms with Crippen molar-refractivity contribution in [3.63, 3.8) is 0 Å². The van der Waals surface area contributed by atoms with E-state index in [1.807, 2.05) is 0 Å². The Morgan fingerprint density at radius 3 is 2.32 bits per heavy atom. The van der Waals surface area contributed by atoms with Crippen molar-refractivity contribution in [2.45, 2.75) is 19.0 Å². The normalized spacial score (nSPS) is 15.0. The fraction of sp³-hybridized carbons (Fsp3) is 0.462. The van der Waals surface area contributed by atoms with Gasteiger partial charge in [-0.05, 0) is 24.1 Å². The standard InChI is InChI=1S/C13H14F3NO2/c14-13(15,16)9-19-11-4-2-10(3-5-11)8-12(18)17-6-1-7-17/h2-5H,1,6-9H2. The second-order valence-corrected chi connectivity index (χ2v) is 4.46. The molecule has 1 saturated heterocycles. The Bertz CT molecular complexity index is 438. The molecule has 1 aliphatic heterocycles. The average molecular weight is 273 g/mol. The number of nitrogens with zero attached hydrogens (tertiary/aromatic N) is 1. The average Bonchev–Trinajstić information content (AvgIpc) is 2.24. The summed E-state index contributed by atoms with van der Waals surface area (Å²) in [7, 11) is 0. The fourth-order valence-corrected chi connectivity index (χ4v) is 1.72. The van der Waals surface area contributed by atoms with Crippen molar-refractivity contribution in [2.75, 3.05) is 19.7 Å². The van der Waals surface area contributed by atoms with Crippen molar-refractivity contribution >= 4 is 5.91 Å². The Morgan fingerprint density at radius 2 is 1.84 bits per heavy atom. The van der Waals surface area contributed by atoms with Crippen LogP contribution in [0.2, 0.25) is 0 Å². The predicted molar refractivity (Wildman–Crippen MR) is 62.9 cm³/mol. The van der Waals surface area contributed by atoms with E-state index in [0.29, 0.717) is 0 Å². The Kier molecular flexibility index (Phi) is 3.97. The Balaban J connectivity index is 1.85. The number of hydrogen-bond donors (Lipinski definition) is 0. The van der Waals surface area contributed by atoms with Crippen LogP contribution in [0, 0.1) is 0 Å². The minimum Gasteiger partial charge on any atom is -0.484 e. The number of halogens is 3. The van der Waals surface area contributed by atoms with E-state index in [-0.39, 0.29) is 18.1 Å². The molecule has 1 aromatic rings. The third-order valence-corrected chi connectivity index (χ3v) is 2.89. The lowest BCUT2D eigenvalue weighted by Crippen LogP contribution is -2.42. The van der Waals surface area contributed by atoms with E-state index in [1.54, 1.807) is 17.0 Å². The van der Waals surface area contributed by atoms with Crippen LogP contribution in [-0.4, -0.2) is 36.7 Å². The monoisotopic (exact) mass is 273 g/mol. The van der Waals surface area contributed by atoms with E-state index in [2.05, 4.69) is 4.74 Å². The quantitative estimate of drug-likeness (QED) is 0.843. The molecule has 0 spiro atoms. The molecule has 0 unspecified atom stereocenters. The minimum atomic E-state index is -4.34. The summed E-state index contributed by atoms with van der Waals surface area (Å²) in [6, 6.07) is 6.13. The van der Waals surface area contributed by atoms with Crippen molar-refractivity contribution in [3.8, 4) is 5.75 Å². The first-order valence-electron chi connectivity index (χ1n) is 6.00. The summed E-state index contributed by atoms with van der Waals surface area (Å²) < 4.78 is 40.4. The molecular formula is C13H14F3NO2. The maximum atomic E-state index is 12.0. The van der Waals surface area contributed by atoms with Gasteiger partial charge in [-0.1, -0.05) is 12.1 Å². The van der Waals surface area contributed by atoms with Gasteiger partial charge in [0.05, 0.1) is 6.42 Å². The molecule has 0 N–H and O–H groups in total. The first-order valence-corrected chi connectivity index (χ1v) is 6.00. The lowest BCUT2D eigenvalue weighted by Gasteiger charge is -2.30. The molecule has 0 bridgehead atoms. The van der Waals surface area contributed by atoms with E-state index < -0.39 is 12.8 Å². The van der Waals surface area contributed by atoms with E-state index in [0.717, 1.165) is 25.1 Å². The van der Waals surface area contributed by atoms with Crippen LogP contribution in [0.15, 0.2) is 24.3 Å². The molecule has 0 saturated carbocycles. The summed E-state index contributed by atoms with van der Waals surface area (Å²) in [6.07, 6.45) is -3.03. The molecule has 0 aromatic heterocycles. The van der Waals surface area contributed by atoms with Gasteiger partial charge < -0.3 is 9.64 Å². The van der Waals surface area contributed by atoms with Crippen molar-refractivity contribution < 1.29 is 22.7 Å². The summed E-state index contributed by atoms with van der Waals surface area (Å²) in [5, 5.41) is 0. The van der Waals surface area contributed by atoms with E-state index in [4.69, 9.17) is 0 Å². The van der Waals surface area contributed by atoms with Gasteiger partial charge in [0.25, 0.3) is 0 Å². The summed E-state index contributed by atoms with van der Waals surface area (Å²) >= 11 is 0. The Labute approximate surface area is 109 Å². The summed E-state index contributed by atoms with van der Waals surface area (Å²) in [5.74, 6) is 0.202. The van der Waals surface area contributed by atoms with Gasteiger partial charge in [0.1, 0.15) is 5.75 Å². The molecule has 6 heteroatoms. The Hall–Kier alpha value is -1.72. The molecule has 0 radical (unpaired) electrons. The van der Waals surface area contributed by atoms with Crippen molar-refractivity contribution in [2.24, 2.45) is 0 Å². The number of hydrogen-bond acceptors (Lipinski definition) is 2. The second-order valence-electron chi connectivity index (χ2n) is 4.46. The van der Waals surface area contributed by atoms with Crippen LogP contribution in [-0.2, 0) is 11.2 Å².